The summed E-state index contributed by atoms with van der Waals surface area (Å²) in [5.74, 6) is -2.41. The van der Waals surface area contributed by atoms with Crippen molar-refractivity contribution in [2.24, 2.45) is 0 Å². The second kappa shape index (κ2) is 4.39. The second-order valence-electron chi connectivity index (χ2n) is 3.89. The van der Waals surface area contributed by atoms with Crippen LogP contribution in [-0.4, -0.2) is 14.0 Å². The average Bonchev–Trinajstić information content (AvgIpc) is 2.15. The molecule has 0 aromatic heterocycles. The molecule has 0 saturated carbocycles. The summed E-state index contributed by atoms with van der Waals surface area (Å²) >= 11 is 0. The van der Waals surface area contributed by atoms with Gasteiger partial charge in [-0.25, -0.2) is 17.2 Å². The molecule has 0 atom stereocenters. The fourth-order valence-electron chi connectivity index (χ4n) is 1.15. The van der Waals surface area contributed by atoms with Crippen LogP contribution >= 0.6 is 0 Å². The minimum atomic E-state index is -4.41. The van der Waals surface area contributed by atoms with E-state index in [2.05, 4.69) is 0 Å². The molecule has 0 bridgehead atoms. The molecule has 0 aliphatic carbocycles. The van der Waals surface area contributed by atoms with Crippen LogP contribution in [0, 0.1) is 23.0 Å². The Morgan fingerprint density at radius 3 is 2.18 bits per heavy atom. The fraction of sp³-hybridized carbons (Fsp3) is 0.300. The van der Waals surface area contributed by atoms with E-state index in [9.17, 15) is 17.2 Å². The molecular weight excluding hydrogens is 250 g/mol. The first-order valence-electron chi connectivity index (χ1n) is 4.59. The quantitative estimate of drug-likeness (QED) is 0.896. The van der Waals surface area contributed by atoms with E-state index in [-0.39, 0.29) is 0 Å². The van der Waals surface area contributed by atoms with Gasteiger partial charge in [-0.15, -0.1) is 0 Å². The lowest BCUT2D eigenvalue weighted by molar-refractivity contribution is 0.498. The maximum absolute atomic E-state index is 13.3. The van der Waals surface area contributed by atoms with Crippen molar-refractivity contribution in [2.45, 2.75) is 24.3 Å². The van der Waals surface area contributed by atoms with Gasteiger partial charge in [0.15, 0.2) is 4.90 Å². The molecule has 0 spiro atoms. The van der Waals surface area contributed by atoms with Crippen molar-refractivity contribution in [3.8, 4) is 6.07 Å². The van der Waals surface area contributed by atoms with Crippen LogP contribution in [0.25, 0.3) is 0 Å². The molecule has 0 saturated heterocycles. The number of hydrogen-bond acceptors (Lipinski definition) is 3. The summed E-state index contributed by atoms with van der Waals surface area (Å²) in [6.45, 7) is 2.56. The Morgan fingerprint density at radius 2 is 1.76 bits per heavy atom. The lowest BCUT2D eigenvalue weighted by Crippen LogP contribution is -2.42. The highest BCUT2D eigenvalue weighted by Crippen LogP contribution is 2.19. The standard InChI is InChI=1S/C10H10F2N2O2S/c1-10(2,6-13)14-17(15,16)9-7(11)4-3-5-8(9)12/h3-5,14H,1-2H3. The molecule has 1 N–H and O–H groups in total. The van der Waals surface area contributed by atoms with Gasteiger partial charge in [0.25, 0.3) is 0 Å². The highest BCUT2D eigenvalue weighted by molar-refractivity contribution is 7.89. The molecule has 0 amide bonds. The van der Waals surface area contributed by atoms with Gasteiger partial charge in [0.05, 0.1) is 6.07 Å². The smallest absolute Gasteiger partial charge is 0.207 e. The van der Waals surface area contributed by atoms with E-state index in [0.29, 0.717) is 0 Å². The third kappa shape index (κ3) is 2.99. The monoisotopic (exact) mass is 260 g/mol. The first kappa shape index (κ1) is 13.5. The van der Waals surface area contributed by atoms with Crippen LogP contribution in [-0.2, 0) is 10.0 Å². The van der Waals surface area contributed by atoms with Crippen molar-refractivity contribution in [3.05, 3.63) is 29.8 Å². The molecule has 1 aromatic carbocycles. The molecule has 0 radical (unpaired) electrons. The van der Waals surface area contributed by atoms with Crippen LogP contribution in [0.2, 0.25) is 0 Å². The van der Waals surface area contributed by atoms with Gasteiger partial charge in [-0.1, -0.05) is 6.07 Å². The van der Waals surface area contributed by atoms with Crippen LogP contribution in [0.5, 0.6) is 0 Å². The van der Waals surface area contributed by atoms with E-state index in [4.69, 9.17) is 5.26 Å². The van der Waals surface area contributed by atoms with Gasteiger partial charge in [-0.3, -0.25) is 0 Å². The second-order valence-corrected chi connectivity index (χ2v) is 5.51. The predicted octanol–water partition coefficient (Wildman–Crippen LogP) is 1.55. The molecule has 1 rings (SSSR count). The van der Waals surface area contributed by atoms with E-state index < -0.39 is 32.1 Å². The molecule has 1 aromatic rings. The number of halogens is 2. The Kier molecular flexibility index (Phi) is 3.50. The molecule has 0 heterocycles. The first-order chi connectivity index (χ1) is 7.69. The van der Waals surface area contributed by atoms with Gasteiger partial charge < -0.3 is 0 Å². The van der Waals surface area contributed by atoms with E-state index in [1.807, 2.05) is 4.72 Å². The van der Waals surface area contributed by atoms with Gasteiger partial charge in [-0.05, 0) is 26.0 Å². The Labute approximate surface area is 97.9 Å². The molecule has 0 aliphatic rings. The summed E-state index contributed by atoms with van der Waals surface area (Å²) in [7, 11) is -4.41. The number of nitriles is 1. The van der Waals surface area contributed by atoms with Crippen LogP contribution < -0.4 is 4.72 Å². The Bertz CT molecular complexity index is 556. The number of hydrogen-bond donors (Lipinski definition) is 1. The molecule has 7 heteroatoms. The van der Waals surface area contributed by atoms with Crippen molar-refractivity contribution < 1.29 is 17.2 Å². The maximum Gasteiger partial charge on any atom is 0.247 e. The number of rotatable bonds is 3. The third-order valence-electron chi connectivity index (χ3n) is 1.86. The summed E-state index contributed by atoms with van der Waals surface area (Å²) in [4.78, 5) is -1.08. The van der Waals surface area contributed by atoms with Crippen LogP contribution in [0.3, 0.4) is 0 Å². The SMILES string of the molecule is CC(C)(C#N)NS(=O)(=O)c1c(F)cccc1F. The summed E-state index contributed by atoms with van der Waals surface area (Å²) in [6.07, 6.45) is 0. The van der Waals surface area contributed by atoms with Gasteiger partial charge in [0.1, 0.15) is 17.2 Å². The number of nitrogens with one attached hydrogen (secondary N) is 1. The minimum absolute atomic E-state index is 0.830. The van der Waals surface area contributed by atoms with Crippen molar-refractivity contribution in [1.82, 2.24) is 4.72 Å². The normalized spacial score (nSPS) is 12.2. The van der Waals surface area contributed by atoms with Crippen molar-refractivity contribution in [3.63, 3.8) is 0 Å². The van der Waals surface area contributed by atoms with E-state index in [0.717, 1.165) is 18.2 Å². The van der Waals surface area contributed by atoms with Gasteiger partial charge >= 0.3 is 0 Å². The molecule has 92 valence electrons. The zero-order valence-electron chi connectivity index (χ0n) is 9.16. The maximum atomic E-state index is 13.3. The fourth-order valence-corrected chi connectivity index (χ4v) is 2.62. The first-order valence-corrected chi connectivity index (χ1v) is 6.07. The Morgan fingerprint density at radius 1 is 1.29 bits per heavy atom. The molecular formula is C10H10F2N2O2S. The van der Waals surface area contributed by atoms with Crippen LogP contribution in [0.15, 0.2) is 23.1 Å². The Balaban J connectivity index is 3.30. The van der Waals surface area contributed by atoms with Crippen molar-refractivity contribution in [1.29, 1.82) is 5.26 Å². The van der Waals surface area contributed by atoms with E-state index >= 15 is 0 Å². The predicted molar refractivity (Wildman–Crippen MR) is 56.4 cm³/mol. The lowest BCUT2D eigenvalue weighted by atomic mass is 10.1. The number of benzene rings is 1. The number of nitrogens with zero attached hydrogens (tertiary/aromatic N) is 1. The molecule has 0 aliphatic heterocycles. The average molecular weight is 260 g/mol. The van der Waals surface area contributed by atoms with Crippen LogP contribution in [0.1, 0.15) is 13.8 Å². The van der Waals surface area contributed by atoms with Crippen molar-refractivity contribution >= 4 is 10.0 Å². The van der Waals surface area contributed by atoms with Gasteiger partial charge in [0, 0.05) is 0 Å². The topological polar surface area (TPSA) is 70.0 Å². The van der Waals surface area contributed by atoms with Crippen LogP contribution in [0.4, 0.5) is 8.78 Å². The summed E-state index contributed by atoms with van der Waals surface area (Å²) in [5.41, 5.74) is -1.45. The third-order valence-corrected chi connectivity index (χ3v) is 3.56. The Hall–Kier alpha value is -1.52. The zero-order chi connectivity index (χ0) is 13.3. The molecule has 0 fully saturated rings. The minimum Gasteiger partial charge on any atom is -0.207 e. The molecule has 0 unspecified atom stereocenters. The van der Waals surface area contributed by atoms with Gasteiger partial charge in [-0.2, -0.15) is 9.98 Å². The number of sulfonamides is 1. The summed E-state index contributed by atoms with van der Waals surface area (Å²) < 4.78 is 51.9. The summed E-state index contributed by atoms with van der Waals surface area (Å²) in [6, 6.07) is 4.39. The highest BCUT2D eigenvalue weighted by atomic mass is 32.2. The van der Waals surface area contributed by atoms with E-state index in [1.54, 1.807) is 6.07 Å². The van der Waals surface area contributed by atoms with Crippen molar-refractivity contribution in [2.75, 3.05) is 0 Å². The summed E-state index contributed by atoms with van der Waals surface area (Å²) in [5, 5.41) is 8.68. The zero-order valence-corrected chi connectivity index (χ0v) is 9.98. The molecule has 4 nitrogen and oxygen atoms in total. The lowest BCUT2D eigenvalue weighted by Gasteiger charge is -2.17. The molecule has 17 heavy (non-hydrogen) atoms. The largest absolute Gasteiger partial charge is 0.247 e. The van der Waals surface area contributed by atoms with Gasteiger partial charge in [0.2, 0.25) is 10.0 Å². The highest BCUT2D eigenvalue weighted by Gasteiger charge is 2.30. The van der Waals surface area contributed by atoms with E-state index in [1.165, 1.54) is 13.8 Å².